The highest BCUT2D eigenvalue weighted by molar-refractivity contribution is 7.93. The zero-order valence-corrected chi connectivity index (χ0v) is 22.4. The van der Waals surface area contributed by atoms with Crippen molar-refractivity contribution in [2.75, 3.05) is 18.4 Å². The monoisotopic (exact) mass is 572 g/mol. The molecule has 1 N–H and O–H groups in total. The largest absolute Gasteiger partial charge is 0.433 e. The Morgan fingerprint density at radius 3 is 2.52 bits per heavy atom. The first kappa shape index (κ1) is 27.7. The van der Waals surface area contributed by atoms with Gasteiger partial charge in [0.2, 0.25) is 10.0 Å². The number of hydrogen-bond donors (Lipinski definition) is 1. The fourth-order valence-electron chi connectivity index (χ4n) is 4.71. The molecule has 0 radical (unpaired) electrons. The first-order valence-electron chi connectivity index (χ1n) is 12.8. The molecule has 2 aliphatic rings. The second-order valence-corrected chi connectivity index (χ2v) is 11.7. The van der Waals surface area contributed by atoms with Crippen molar-refractivity contribution in [2.45, 2.75) is 38.8 Å². The van der Waals surface area contributed by atoms with E-state index in [4.69, 9.17) is 0 Å². The molecule has 1 aliphatic carbocycles. The Bertz CT molecular complexity index is 1560. The van der Waals surface area contributed by atoms with Gasteiger partial charge >= 0.3 is 6.18 Å². The predicted octanol–water partition coefficient (Wildman–Crippen LogP) is 4.95. The third kappa shape index (κ3) is 5.70. The van der Waals surface area contributed by atoms with Gasteiger partial charge in [0, 0.05) is 36.6 Å². The summed E-state index contributed by atoms with van der Waals surface area (Å²) in [5.41, 5.74) is -0.131. The van der Waals surface area contributed by atoms with E-state index in [9.17, 15) is 26.4 Å². The summed E-state index contributed by atoms with van der Waals surface area (Å²) >= 11 is 0. The quantitative estimate of drug-likeness (QED) is 0.448. The van der Waals surface area contributed by atoms with Crippen LogP contribution in [0.15, 0.2) is 71.6 Å². The van der Waals surface area contributed by atoms with Crippen molar-refractivity contribution in [3.63, 3.8) is 0 Å². The Morgan fingerprint density at radius 2 is 1.88 bits per heavy atom. The molecule has 1 saturated heterocycles. The van der Waals surface area contributed by atoms with Crippen LogP contribution in [0.2, 0.25) is 0 Å². The fraction of sp³-hybridized carbons (Fsp3) is 0.333. The number of carbonyl (C=O) groups excluding carboxylic acids is 1. The third-order valence-corrected chi connectivity index (χ3v) is 8.83. The van der Waals surface area contributed by atoms with Crippen LogP contribution in [0.1, 0.15) is 38.3 Å². The van der Waals surface area contributed by atoms with E-state index in [1.165, 1.54) is 41.1 Å². The topological polar surface area (TPSA) is 110 Å². The van der Waals surface area contributed by atoms with Crippen LogP contribution in [0.25, 0.3) is 16.9 Å². The second kappa shape index (κ2) is 11.0. The minimum Gasteiger partial charge on any atom is -0.307 e. The molecule has 0 aromatic carbocycles. The minimum absolute atomic E-state index is 0.0450. The van der Waals surface area contributed by atoms with Crippen LogP contribution in [0, 0.1) is 5.92 Å². The highest BCUT2D eigenvalue weighted by atomic mass is 32.2. The zero-order valence-electron chi connectivity index (χ0n) is 21.6. The van der Waals surface area contributed by atoms with E-state index in [1.54, 1.807) is 18.2 Å². The molecule has 1 fully saturated rings. The Morgan fingerprint density at radius 1 is 1.10 bits per heavy atom. The predicted molar refractivity (Wildman–Crippen MR) is 143 cm³/mol. The smallest absolute Gasteiger partial charge is 0.307 e. The Labute approximate surface area is 229 Å². The van der Waals surface area contributed by atoms with Gasteiger partial charge in [-0.2, -0.15) is 22.6 Å². The van der Waals surface area contributed by atoms with Gasteiger partial charge in [0.1, 0.15) is 11.5 Å². The SMILES string of the molecule is CC1CC=C(S(=O)(=O)N2CCCCC2)C=C1C(=O)Nc1ccc(-n2nc(-c3cccnc3)cc2C(F)(F)F)cn1. The minimum atomic E-state index is -4.68. The molecule has 1 atom stereocenters. The van der Waals surface area contributed by atoms with Gasteiger partial charge < -0.3 is 5.32 Å². The molecule has 1 unspecified atom stereocenters. The third-order valence-electron chi connectivity index (χ3n) is 6.91. The number of sulfonamides is 1. The summed E-state index contributed by atoms with van der Waals surface area (Å²) in [6.45, 7) is 2.73. The molecule has 1 aliphatic heterocycles. The molecule has 0 bridgehead atoms. The lowest BCUT2D eigenvalue weighted by atomic mass is 9.92. The van der Waals surface area contributed by atoms with E-state index in [1.807, 2.05) is 6.92 Å². The Balaban J connectivity index is 1.36. The fourth-order valence-corrected chi connectivity index (χ4v) is 6.33. The van der Waals surface area contributed by atoms with E-state index in [2.05, 4.69) is 20.4 Å². The van der Waals surface area contributed by atoms with Crippen LogP contribution in [0.3, 0.4) is 0 Å². The van der Waals surface area contributed by atoms with Crippen LogP contribution in [-0.4, -0.2) is 51.5 Å². The van der Waals surface area contributed by atoms with Gasteiger partial charge in [-0.15, -0.1) is 0 Å². The van der Waals surface area contributed by atoms with Gasteiger partial charge in [0.25, 0.3) is 5.91 Å². The summed E-state index contributed by atoms with van der Waals surface area (Å²) in [4.78, 5) is 21.3. The number of anilines is 1. The summed E-state index contributed by atoms with van der Waals surface area (Å²) in [6, 6.07) is 6.88. The molecule has 40 heavy (non-hydrogen) atoms. The van der Waals surface area contributed by atoms with Crippen LogP contribution in [0.5, 0.6) is 0 Å². The zero-order chi connectivity index (χ0) is 28.5. The van der Waals surface area contributed by atoms with Crippen molar-refractivity contribution in [3.05, 3.63) is 77.2 Å². The maximum atomic E-state index is 13.8. The average Bonchev–Trinajstić information content (AvgIpc) is 3.41. The maximum Gasteiger partial charge on any atom is 0.433 e. The maximum absolute atomic E-state index is 13.8. The second-order valence-electron chi connectivity index (χ2n) is 9.73. The number of hydrogen-bond acceptors (Lipinski definition) is 6. The van der Waals surface area contributed by atoms with E-state index in [-0.39, 0.29) is 33.6 Å². The standard InChI is InChI=1S/C27H27F3N6O3S/c1-18-7-9-21(40(38,39)35-12-3-2-4-13-35)14-22(18)26(37)33-25-10-8-20(17-32-25)36-24(27(28,29)30)15-23(34-36)19-6-5-11-31-16-19/h5-6,8-11,14-18H,2-4,7,12-13H2,1H3,(H,32,33,37). The molecule has 3 aromatic heterocycles. The molecule has 1 amide bonds. The molecule has 4 heterocycles. The molecule has 210 valence electrons. The Kier molecular flexibility index (Phi) is 7.60. The van der Waals surface area contributed by atoms with E-state index >= 15 is 0 Å². The summed E-state index contributed by atoms with van der Waals surface area (Å²) in [5.74, 6) is -0.657. The molecule has 0 saturated carbocycles. The van der Waals surface area contributed by atoms with Gasteiger partial charge in [-0.3, -0.25) is 9.78 Å². The van der Waals surface area contributed by atoms with Crippen molar-refractivity contribution >= 4 is 21.7 Å². The molecular formula is C27H27F3N6O3S. The number of piperidine rings is 1. The van der Waals surface area contributed by atoms with Gasteiger partial charge in [-0.25, -0.2) is 18.1 Å². The lowest BCUT2D eigenvalue weighted by Crippen LogP contribution is -2.36. The number of amides is 1. The summed E-state index contributed by atoms with van der Waals surface area (Å²) in [5, 5.41) is 6.75. The number of carbonyl (C=O) groups is 1. The summed E-state index contributed by atoms with van der Waals surface area (Å²) in [7, 11) is -3.70. The lowest BCUT2D eigenvalue weighted by molar-refractivity contribution is -0.142. The van der Waals surface area contributed by atoms with Gasteiger partial charge in [0.15, 0.2) is 0 Å². The summed E-state index contributed by atoms with van der Waals surface area (Å²) < 4.78 is 69.8. The lowest BCUT2D eigenvalue weighted by Gasteiger charge is -2.28. The van der Waals surface area contributed by atoms with E-state index < -0.39 is 27.8 Å². The first-order valence-corrected chi connectivity index (χ1v) is 14.3. The molecule has 3 aromatic rings. The number of aromatic nitrogens is 4. The van der Waals surface area contributed by atoms with Crippen molar-refractivity contribution in [1.82, 2.24) is 24.1 Å². The number of nitrogens with zero attached hydrogens (tertiary/aromatic N) is 5. The summed E-state index contributed by atoms with van der Waals surface area (Å²) in [6.07, 6.45) is 5.44. The number of halogens is 3. The number of allylic oxidation sites excluding steroid dienone is 2. The van der Waals surface area contributed by atoms with Crippen molar-refractivity contribution in [3.8, 4) is 16.9 Å². The number of alkyl halides is 3. The average molecular weight is 573 g/mol. The number of pyridine rings is 2. The highest BCUT2D eigenvalue weighted by Crippen LogP contribution is 2.34. The van der Waals surface area contributed by atoms with Crippen LogP contribution in [-0.2, 0) is 21.0 Å². The van der Waals surface area contributed by atoms with E-state index in [0.717, 1.165) is 30.0 Å². The van der Waals surface area contributed by atoms with Gasteiger partial charge in [-0.1, -0.05) is 19.4 Å². The first-order chi connectivity index (χ1) is 19.0. The Hall–Kier alpha value is -3.84. The van der Waals surface area contributed by atoms with Crippen LogP contribution in [0.4, 0.5) is 19.0 Å². The number of rotatable bonds is 6. The molecule has 5 rings (SSSR count). The van der Waals surface area contributed by atoms with Crippen LogP contribution < -0.4 is 5.32 Å². The highest BCUT2D eigenvalue weighted by Gasteiger charge is 2.37. The van der Waals surface area contributed by atoms with Crippen molar-refractivity contribution in [2.24, 2.45) is 5.92 Å². The molecule has 0 spiro atoms. The van der Waals surface area contributed by atoms with Crippen LogP contribution >= 0.6 is 0 Å². The number of nitrogens with one attached hydrogen (secondary N) is 1. The molecular weight excluding hydrogens is 545 g/mol. The molecule has 13 heteroatoms. The normalized spacial score (nSPS) is 18.6. The van der Waals surface area contributed by atoms with E-state index in [0.29, 0.717) is 25.1 Å². The van der Waals surface area contributed by atoms with Gasteiger partial charge in [-0.05, 0) is 61.6 Å². The van der Waals surface area contributed by atoms with Crippen molar-refractivity contribution in [1.29, 1.82) is 0 Å². The van der Waals surface area contributed by atoms with Gasteiger partial charge in [0.05, 0.1) is 22.5 Å². The molecule has 9 nitrogen and oxygen atoms in total. The van der Waals surface area contributed by atoms with Crippen molar-refractivity contribution < 1.29 is 26.4 Å².